The molecule has 0 radical (unpaired) electrons. The van der Waals surface area contributed by atoms with E-state index in [9.17, 15) is 4.79 Å². The Kier molecular flexibility index (Phi) is 6.72. The number of hydrogen-bond acceptors (Lipinski definition) is 3. The van der Waals surface area contributed by atoms with Crippen molar-refractivity contribution in [3.63, 3.8) is 0 Å². The molecule has 0 aliphatic carbocycles. The third-order valence-electron chi connectivity index (χ3n) is 5.44. The third kappa shape index (κ3) is 4.80. The van der Waals surface area contributed by atoms with E-state index < -0.39 is 0 Å². The second kappa shape index (κ2) is 9.22. The van der Waals surface area contributed by atoms with Gasteiger partial charge in [-0.15, -0.1) is 0 Å². The number of guanidine groups is 1. The van der Waals surface area contributed by atoms with Gasteiger partial charge in [-0.3, -0.25) is 4.79 Å². The summed E-state index contributed by atoms with van der Waals surface area (Å²) in [5.74, 6) is 0.920. The zero-order chi connectivity index (χ0) is 19.2. The standard InChI is InChI=1S/C21H32N4O2/c1-4-22-21(24-18-13-17-11-12-19(18)27-17)23-14-15-7-9-16(10-8-15)20(26)25(5-2)6-3/h7-10,17-19H,4-6,11-14H2,1-3H3,(H2,22,23,24). The van der Waals surface area contributed by atoms with E-state index in [0.29, 0.717) is 24.8 Å². The normalized spacial score (nSPS) is 24.1. The summed E-state index contributed by atoms with van der Waals surface area (Å²) in [6, 6.07) is 8.13. The molecule has 0 aromatic heterocycles. The third-order valence-corrected chi connectivity index (χ3v) is 5.44. The average molecular weight is 373 g/mol. The van der Waals surface area contributed by atoms with E-state index in [1.165, 1.54) is 6.42 Å². The van der Waals surface area contributed by atoms with E-state index in [1.807, 2.05) is 43.0 Å². The molecule has 3 atom stereocenters. The molecular weight excluding hydrogens is 340 g/mol. The number of nitrogens with one attached hydrogen (secondary N) is 2. The minimum absolute atomic E-state index is 0.0846. The minimum atomic E-state index is 0.0846. The summed E-state index contributed by atoms with van der Waals surface area (Å²) in [5.41, 5.74) is 1.82. The average Bonchev–Trinajstić information content (AvgIpc) is 3.31. The smallest absolute Gasteiger partial charge is 0.253 e. The fourth-order valence-corrected chi connectivity index (χ4v) is 3.90. The molecule has 1 aromatic carbocycles. The Morgan fingerprint density at radius 1 is 1.19 bits per heavy atom. The van der Waals surface area contributed by atoms with Crippen molar-refractivity contribution >= 4 is 11.9 Å². The van der Waals surface area contributed by atoms with Crippen LogP contribution in [0.1, 0.15) is 56.0 Å². The van der Waals surface area contributed by atoms with Crippen LogP contribution in [-0.4, -0.2) is 54.7 Å². The highest BCUT2D eigenvalue weighted by Gasteiger charge is 2.41. The molecule has 6 heteroatoms. The van der Waals surface area contributed by atoms with Gasteiger partial charge < -0.3 is 20.3 Å². The Morgan fingerprint density at radius 2 is 1.93 bits per heavy atom. The van der Waals surface area contributed by atoms with Crippen molar-refractivity contribution in [3.8, 4) is 0 Å². The monoisotopic (exact) mass is 372 g/mol. The first-order chi connectivity index (χ1) is 13.1. The summed E-state index contributed by atoms with van der Waals surface area (Å²) in [7, 11) is 0. The van der Waals surface area contributed by atoms with Crippen LogP contribution in [-0.2, 0) is 11.3 Å². The topological polar surface area (TPSA) is 66.0 Å². The highest BCUT2D eigenvalue weighted by Crippen LogP contribution is 2.34. The van der Waals surface area contributed by atoms with Crippen LogP contribution < -0.4 is 10.6 Å². The summed E-state index contributed by atoms with van der Waals surface area (Å²) in [6.45, 7) is 8.93. The first-order valence-electron chi connectivity index (χ1n) is 10.2. The fraction of sp³-hybridized carbons (Fsp3) is 0.619. The Labute approximate surface area is 162 Å². The Bertz CT molecular complexity index is 655. The maximum atomic E-state index is 12.4. The second-order valence-electron chi connectivity index (χ2n) is 7.23. The molecule has 1 amide bonds. The molecule has 2 saturated heterocycles. The van der Waals surface area contributed by atoms with E-state index in [1.54, 1.807) is 0 Å². The van der Waals surface area contributed by atoms with E-state index >= 15 is 0 Å². The second-order valence-corrected chi connectivity index (χ2v) is 7.23. The van der Waals surface area contributed by atoms with Gasteiger partial charge in [-0.05, 0) is 57.7 Å². The largest absolute Gasteiger partial charge is 0.373 e. The number of amides is 1. The highest BCUT2D eigenvalue weighted by atomic mass is 16.5. The number of carbonyl (C=O) groups excluding carboxylic acids is 1. The SMILES string of the molecule is CCNC(=NCc1ccc(C(=O)N(CC)CC)cc1)NC1CC2CCC1O2. The number of aliphatic imine (C=N–C) groups is 1. The van der Waals surface area contributed by atoms with Gasteiger partial charge in [0.25, 0.3) is 5.91 Å². The van der Waals surface area contributed by atoms with Crippen LogP contribution in [0, 0.1) is 0 Å². The van der Waals surface area contributed by atoms with Crippen LogP contribution in [0.25, 0.3) is 0 Å². The van der Waals surface area contributed by atoms with E-state index in [0.717, 1.165) is 49.6 Å². The molecule has 2 heterocycles. The van der Waals surface area contributed by atoms with Crippen molar-refractivity contribution in [2.24, 2.45) is 4.99 Å². The zero-order valence-corrected chi connectivity index (χ0v) is 16.7. The maximum absolute atomic E-state index is 12.4. The Hall–Kier alpha value is -2.08. The lowest BCUT2D eigenvalue weighted by molar-refractivity contribution is 0.0773. The molecule has 0 saturated carbocycles. The van der Waals surface area contributed by atoms with Gasteiger partial charge in [-0.1, -0.05) is 12.1 Å². The molecule has 2 bridgehead atoms. The van der Waals surface area contributed by atoms with Crippen molar-refractivity contribution in [2.45, 2.75) is 64.8 Å². The van der Waals surface area contributed by atoms with Gasteiger partial charge in [-0.25, -0.2) is 4.99 Å². The lowest BCUT2D eigenvalue weighted by atomic mass is 9.96. The molecule has 2 aliphatic heterocycles. The van der Waals surface area contributed by atoms with Gasteiger partial charge in [-0.2, -0.15) is 0 Å². The van der Waals surface area contributed by atoms with Crippen molar-refractivity contribution in [3.05, 3.63) is 35.4 Å². The van der Waals surface area contributed by atoms with Gasteiger partial charge in [0.1, 0.15) is 0 Å². The Balaban J connectivity index is 1.59. The number of carbonyl (C=O) groups is 1. The van der Waals surface area contributed by atoms with Crippen molar-refractivity contribution in [2.75, 3.05) is 19.6 Å². The van der Waals surface area contributed by atoms with Crippen LogP contribution in [0.15, 0.2) is 29.3 Å². The highest BCUT2D eigenvalue weighted by molar-refractivity contribution is 5.94. The molecule has 3 unspecified atom stereocenters. The fourth-order valence-electron chi connectivity index (χ4n) is 3.90. The summed E-state index contributed by atoms with van der Waals surface area (Å²) in [5, 5.41) is 6.85. The van der Waals surface area contributed by atoms with Crippen LogP contribution in [0.5, 0.6) is 0 Å². The number of hydrogen-bond donors (Lipinski definition) is 2. The maximum Gasteiger partial charge on any atom is 0.253 e. The molecule has 2 aliphatic rings. The molecule has 3 rings (SSSR count). The van der Waals surface area contributed by atoms with Gasteiger partial charge in [0.05, 0.1) is 24.8 Å². The molecule has 6 nitrogen and oxygen atoms in total. The van der Waals surface area contributed by atoms with Crippen molar-refractivity contribution in [1.82, 2.24) is 15.5 Å². The van der Waals surface area contributed by atoms with Crippen molar-refractivity contribution in [1.29, 1.82) is 0 Å². The summed E-state index contributed by atoms with van der Waals surface area (Å²) >= 11 is 0. The van der Waals surface area contributed by atoms with E-state index in [2.05, 4.69) is 17.6 Å². The summed E-state index contributed by atoms with van der Waals surface area (Å²) in [6.07, 6.45) is 4.14. The molecule has 1 aromatic rings. The molecular formula is C21H32N4O2. The lowest BCUT2D eigenvalue weighted by Gasteiger charge is -2.22. The number of rotatable bonds is 7. The van der Waals surface area contributed by atoms with E-state index in [4.69, 9.17) is 9.73 Å². The first kappa shape index (κ1) is 19.7. The Morgan fingerprint density at radius 3 is 2.48 bits per heavy atom. The first-order valence-corrected chi connectivity index (χ1v) is 10.2. The summed E-state index contributed by atoms with van der Waals surface area (Å²) in [4.78, 5) is 18.9. The zero-order valence-electron chi connectivity index (χ0n) is 16.7. The number of ether oxygens (including phenoxy) is 1. The van der Waals surface area contributed by atoms with Gasteiger partial charge >= 0.3 is 0 Å². The predicted molar refractivity (Wildman–Crippen MR) is 108 cm³/mol. The van der Waals surface area contributed by atoms with Crippen molar-refractivity contribution < 1.29 is 9.53 Å². The van der Waals surface area contributed by atoms with Gasteiger partial charge in [0.15, 0.2) is 5.96 Å². The molecule has 2 N–H and O–H groups in total. The lowest BCUT2D eigenvalue weighted by Crippen LogP contribution is -2.47. The van der Waals surface area contributed by atoms with Crippen LogP contribution in [0.4, 0.5) is 0 Å². The quantitative estimate of drug-likeness (QED) is 0.570. The molecule has 0 spiro atoms. The molecule has 148 valence electrons. The molecule has 27 heavy (non-hydrogen) atoms. The molecule has 2 fully saturated rings. The number of benzene rings is 1. The van der Waals surface area contributed by atoms with E-state index in [-0.39, 0.29) is 5.91 Å². The summed E-state index contributed by atoms with van der Waals surface area (Å²) < 4.78 is 5.92. The predicted octanol–water partition coefficient (Wildman–Crippen LogP) is 2.54. The number of fused-ring (bicyclic) bond motifs is 2. The number of nitrogens with zero attached hydrogens (tertiary/aromatic N) is 2. The van der Waals surface area contributed by atoms with Gasteiger partial charge in [0, 0.05) is 25.2 Å². The van der Waals surface area contributed by atoms with Crippen LogP contribution in [0.2, 0.25) is 0 Å². The van der Waals surface area contributed by atoms with Crippen LogP contribution >= 0.6 is 0 Å². The minimum Gasteiger partial charge on any atom is -0.373 e. The van der Waals surface area contributed by atoms with Gasteiger partial charge in [0.2, 0.25) is 0 Å². The van der Waals surface area contributed by atoms with Crippen LogP contribution in [0.3, 0.4) is 0 Å².